The predicted octanol–water partition coefficient (Wildman–Crippen LogP) is 1.10. The number of hydrogen-bond acceptors (Lipinski definition) is 4. The van der Waals surface area contributed by atoms with E-state index in [-0.39, 0.29) is 11.7 Å². The molecule has 1 atom stereocenters. The van der Waals surface area contributed by atoms with E-state index in [0.717, 1.165) is 12.8 Å². The third kappa shape index (κ3) is 4.61. The number of ether oxygens (including phenoxy) is 1. The van der Waals surface area contributed by atoms with Crippen molar-refractivity contribution < 1.29 is 17.9 Å². The van der Waals surface area contributed by atoms with E-state index < -0.39 is 15.8 Å². The summed E-state index contributed by atoms with van der Waals surface area (Å²) >= 11 is 0. The lowest BCUT2D eigenvalue weighted by Gasteiger charge is -2.18. The maximum atomic E-state index is 11.3. The van der Waals surface area contributed by atoms with E-state index >= 15 is 0 Å². The second kappa shape index (κ2) is 5.84. The SMILES string of the molecule is COC(=O)/C=C\C=C\C1CCCS(=O)(=O)C1. The fraction of sp³-hybridized carbons (Fsp3) is 0.545. The Bertz CT molecular complexity index is 392. The van der Waals surface area contributed by atoms with Crippen molar-refractivity contribution in [2.75, 3.05) is 18.6 Å². The van der Waals surface area contributed by atoms with Crippen molar-refractivity contribution in [2.24, 2.45) is 5.92 Å². The molecule has 1 rings (SSSR count). The van der Waals surface area contributed by atoms with Crippen LogP contribution in [0.1, 0.15) is 12.8 Å². The highest BCUT2D eigenvalue weighted by atomic mass is 32.2. The summed E-state index contributed by atoms with van der Waals surface area (Å²) in [6.07, 6.45) is 8.00. The third-order valence-electron chi connectivity index (χ3n) is 2.43. The van der Waals surface area contributed by atoms with Gasteiger partial charge in [-0.25, -0.2) is 13.2 Å². The molecule has 0 N–H and O–H groups in total. The molecular weight excluding hydrogens is 228 g/mol. The number of allylic oxidation sites excluding steroid dienone is 3. The lowest BCUT2D eigenvalue weighted by molar-refractivity contribution is -0.134. The molecule has 0 aromatic heterocycles. The van der Waals surface area contributed by atoms with Gasteiger partial charge in [0.2, 0.25) is 0 Å². The lowest BCUT2D eigenvalue weighted by atomic mass is 10.1. The normalized spacial score (nSPS) is 24.9. The summed E-state index contributed by atoms with van der Waals surface area (Å²) in [6, 6.07) is 0. The zero-order valence-corrected chi connectivity index (χ0v) is 10.1. The van der Waals surface area contributed by atoms with Crippen LogP contribution in [0, 0.1) is 5.92 Å². The summed E-state index contributed by atoms with van der Waals surface area (Å²) in [5, 5.41) is 0. The van der Waals surface area contributed by atoms with Gasteiger partial charge in [-0.2, -0.15) is 0 Å². The fourth-order valence-electron chi connectivity index (χ4n) is 1.63. The minimum atomic E-state index is -2.86. The monoisotopic (exact) mass is 244 g/mol. The number of hydrogen-bond donors (Lipinski definition) is 0. The minimum Gasteiger partial charge on any atom is -0.466 e. The summed E-state index contributed by atoms with van der Waals surface area (Å²) in [6.45, 7) is 0. The molecule has 1 fully saturated rings. The summed E-state index contributed by atoms with van der Waals surface area (Å²) in [5.74, 6) is 0.173. The first kappa shape index (κ1) is 13.0. The van der Waals surface area contributed by atoms with Gasteiger partial charge < -0.3 is 4.74 Å². The minimum absolute atomic E-state index is 0.0704. The Kier molecular flexibility index (Phi) is 4.73. The largest absolute Gasteiger partial charge is 0.466 e. The molecule has 1 heterocycles. The first-order chi connectivity index (χ1) is 7.53. The van der Waals surface area contributed by atoms with Crippen molar-refractivity contribution >= 4 is 15.8 Å². The van der Waals surface area contributed by atoms with Crippen molar-refractivity contribution in [3.63, 3.8) is 0 Å². The van der Waals surface area contributed by atoms with Crippen LogP contribution in [0.3, 0.4) is 0 Å². The summed E-state index contributed by atoms with van der Waals surface area (Å²) in [7, 11) is -1.55. The molecular formula is C11H16O4S. The quantitative estimate of drug-likeness (QED) is 0.424. The Labute approximate surface area is 95.9 Å². The fourth-order valence-corrected chi connectivity index (χ4v) is 3.34. The Morgan fingerprint density at radius 2 is 2.12 bits per heavy atom. The average Bonchev–Trinajstić information content (AvgIpc) is 2.22. The van der Waals surface area contributed by atoms with Crippen molar-refractivity contribution in [1.82, 2.24) is 0 Å². The average molecular weight is 244 g/mol. The van der Waals surface area contributed by atoms with Crippen LogP contribution in [0.25, 0.3) is 0 Å². The Morgan fingerprint density at radius 1 is 1.38 bits per heavy atom. The van der Waals surface area contributed by atoms with E-state index in [1.807, 2.05) is 6.08 Å². The highest BCUT2D eigenvalue weighted by Crippen LogP contribution is 2.19. The first-order valence-corrected chi connectivity index (χ1v) is 6.99. The lowest BCUT2D eigenvalue weighted by Crippen LogP contribution is -2.23. The maximum Gasteiger partial charge on any atom is 0.330 e. The molecule has 0 aromatic carbocycles. The Morgan fingerprint density at radius 3 is 2.75 bits per heavy atom. The third-order valence-corrected chi connectivity index (χ3v) is 4.27. The molecule has 5 heteroatoms. The van der Waals surface area contributed by atoms with Gasteiger partial charge in [0.1, 0.15) is 0 Å². The van der Waals surface area contributed by atoms with Crippen molar-refractivity contribution in [3.8, 4) is 0 Å². The van der Waals surface area contributed by atoms with Crippen LogP contribution in [0.2, 0.25) is 0 Å². The van der Waals surface area contributed by atoms with Crippen LogP contribution in [-0.2, 0) is 19.4 Å². The van der Waals surface area contributed by atoms with Crippen LogP contribution >= 0.6 is 0 Å². The van der Waals surface area contributed by atoms with Gasteiger partial charge in [-0.1, -0.05) is 18.2 Å². The number of carbonyl (C=O) groups is 1. The molecule has 1 unspecified atom stereocenters. The molecule has 0 aromatic rings. The molecule has 0 saturated carbocycles. The molecule has 16 heavy (non-hydrogen) atoms. The van der Waals surface area contributed by atoms with Crippen LogP contribution in [0.15, 0.2) is 24.3 Å². The zero-order valence-electron chi connectivity index (χ0n) is 9.26. The van der Waals surface area contributed by atoms with Crippen LogP contribution in [0.4, 0.5) is 0 Å². The molecule has 0 aliphatic carbocycles. The van der Waals surface area contributed by atoms with E-state index in [0.29, 0.717) is 5.75 Å². The molecule has 1 aliphatic rings. The van der Waals surface area contributed by atoms with Gasteiger partial charge in [-0.3, -0.25) is 0 Å². The van der Waals surface area contributed by atoms with E-state index in [1.165, 1.54) is 13.2 Å². The van der Waals surface area contributed by atoms with Crippen molar-refractivity contribution in [3.05, 3.63) is 24.3 Å². The standard InChI is InChI=1S/C11H16O4S/c1-15-11(12)7-3-2-5-10-6-4-8-16(13,14)9-10/h2-3,5,7,10H,4,6,8-9H2,1H3/b5-2+,7-3-. The zero-order chi connectivity index (χ0) is 12.0. The molecule has 0 amide bonds. The predicted molar refractivity (Wildman–Crippen MR) is 61.7 cm³/mol. The van der Waals surface area contributed by atoms with Gasteiger partial charge >= 0.3 is 5.97 Å². The molecule has 1 saturated heterocycles. The Hall–Kier alpha value is -1.10. The van der Waals surface area contributed by atoms with Gasteiger partial charge in [0.15, 0.2) is 9.84 Å². The van der Waals surface area contributed by atoms with E-state index in [1.54, 1.807) is 12.2 Å². The topological polar surface area (TPSA) is 60.4 Å². The van der Waals surface area contributed by atoms with Crippen LogP contribution in [-0.4, -0.2) is 33.0 Å². The van der Waals surface area contributed by atoms with Gasteiger partial charge in [-0.15, -0.1) is 0 Å². The summed E-state index contributed by atoms with van der Waals surface area (Å²) in [5.41, 5.74) is 0. The highest BCUT2D eigenvalue weighted by molar-refractivity contribution is 7.91. The number of methoxy groups -OCH3 is 1. The number of sulfone groups is 1. The molecule has 0 bridgehead atoms. The van der Waals surface area contributed by atoms with Crippen LogP contribution < -0.4 is 0 Å². The summed E-state index contributed by atoms with van der Waals surface area (Å²) in [4.78, 5) is 10.7. The van der Waals surface area contributed by atoms with Crippen molar-refractivity contribution in [2.45, 2.75) is 12.8 Å². The van der Waals surface area contributed by atoms with Gasteiger partial charge in [0.05, 0.1) is 18.6 Å². The van der Waals surface area contributed by atoms with E-state index in [4.69, 9.17) is 0 Å². The van der Waals surface area contributed by atoms with Crippen LogP contribution in [0.5, 0.6) is 0 Å². The molecule has 1 aliphatic heterocycles. The number of carbonyl (C=O) groups excluding carboxylic acids is 1. The first-order valence-electron chi connectivity index (χ1n) is 5.17. The maximum absolute atomic E-state index is 11.3. The van der Waals surface area contributed by atoms with Gasteiger partial charge in [0.25, 0.3) is 0 Å². The smallest absolute Gasteiger partial charge is 0.330 e. The van der Waals surface area contributed by atoms with Gasteiger partial charge in [-0.05, 0) is 18.8 Å². The van der Waals surface area contributed by atoms with Gasteiger partial charge in [0, 0.05) is 6.08 Å². The molecule has 0 radical (unpaired) electrons. The van der Waals surface area contributed by atoms with E-state index in [2.05, 4.69) is 4.74 Å². The highest BCUT2D eigenvalue weighted by Gasteiger charge is 2.22. The second-order valence-corrected chi connectivity index (χ2v) is 6.01. The summed E-state index contributed by atoms with van der Waals surface area (Å²) < 4.78 is 27.1. The number of esters is 1. The van der Waals surface area contributed by atoms with Crippen molar-refractivity contribution in [1.29, 1.82) is 0 Å². The number of rotatable bonds is 3. The van der Waals surface area contributed by atoms with E-state index in [9.17, 15) is 13.2 Å². The molecule has 4 nitrogen and oxygen atoms in total. The Balaban J connectivity index is 2.45. The molecule has 90 valence electrons. The molecule has 0 spiro atoms. The second-order valence-electron chi connectivity index (χ2n) is 3.78.